The van der Waals surface area contributed by atoms with Crippen molar-refractivity contribution in [1.29, 1.82) is 0 Å². The number of nitrogens with one attached hydrogen (secondary N) is 1. The fourth-order valence-corrected chi connectivity index (χ4v) is 1.53. The van der Waals surface area contributed by atoms with Crippen LogP contribution < -0.4 is 4.33 Å². The molecule has 0 saturated heterocycles. The van der Waals surface area contributed by atoms with Gasteiger partial charge in [-0.05, 0) is 0 Å². The van der Waals surface area contributed by atoms with Crippen molar-refractivity contribution >= 4 is 19.7 Å². The van der Waals surface area contributed by atoms with Gasteiger partial charge in [-0.3, -0.25) is 0 Å². The molecule has 0 aromatic carbocycles. The van der Waals surface area contributed by atoms with E-state index in [1.807, 2.05) is 0 Å². The summed E-state index contributed by atoms with van der Waals surface area (Å²) in [6, 6.07) is 0. The Labute approximate surface area is 37.7 Å². The molecule has 1 N–H and O–H groups in total. The van der Waals surface area contributed by atoms with Crippen LogP contribution in [0.5, 0.6) is 0 Å². The minimum atomic E-state index is 0.694. The topological polar surface area (TPSA) is 12.0 Å². The summed E-state index contributed by atoms with van der Waals surface area (Å²) in [5, 5.41) is 0. The van der Waals surface area contributed by atoms with Gasteiger partial charge in [0.1, 0.15) is 0 Å². The van der Waals surface area contributed by atoms with Gasteiger partial charge in [-0.1, -0.05) is 0 Å². The molecule has 0 aromatic rings. The molecule has 0 amide bonds. The molecular weight excluding hydrogens is 129 g/mol. The molecule has 1 rings (SSSR count). The van der Waals surface area contributed by atoms with E-state index in [9.17, 15) is 0 Å². The van der Waals surface area contributed by atoms with Crippen molar-refractivity contribution in [3.05, 3.63) is 0 Å². The molecule has 1 heterocycles. The van der Waals surface area contributed by atoms with E-state index in [2.05, 4.69) is 9.25 Å². The summed E-state index contributed by atoms with van der Waals surface area (Å²) in [4.78, 5) is 2.31. The number of rotatable bonds is 0. The first-order chi connectivity index (χ1) is 2.50. The van der Waals surface area contributed by atoms with E-state index in [-0.39, 0.29) is 0 Å². The molecule has 1 radical (unpaired) electrons. The predicted molar refractivity (Wildman–Crippen MR) is 24.4 cm³/mol. The Morgan fingerprint density at radius 1 is 1.80 bits per heavy atom. The summed E-state index contributed by atoms with van der Waals surface area (Å²) < 4.78 is 3.23. The Kier molecular flexibility index (Phi) is 1.21. The molecule has 5 heavy (non-hydrogen) atoms. The van der Waals surface area contributed by atoms with Gasteiger partial charge in [-0.25, -0.2) is 0 Å². The van der Waals surface area contributed by atoms with Gasteiger partial charge in [-0.15, -0.1) is 0 Å². The Morgan fingerprint density at radius 2 is 2.80 bits per heavy atom. The average Bonchev–Trinajstić information content (AvgIpc) is 1.76. The van der Waals surface area contributed by atoms with Crippen molar-refractivity contribution in [2.75, 3.05) is 6.54 Å². The summed E-state index contributed by atoms with van der Waals surface area (Å²) in [6.07, 6.45) is 1.29. The molecule has 0 unspecified atom stereocenters. The van der Waals surface area contributed by atoms with Crippen molar-refractivity contribution in [2.24, 2.45) is 0 Å². The monoisotopic (exact) mass is 136 g/mol. The van der Waals surface area contributed by atoms with E-state index >= 15 is 0 Å². The molecule has 0 saturated carbocycles. The van der Waals surface area contributed by atoms with Gasteiger partial charge < -0.3 is 0 Å². The van der Waals surface area contributed by atoms with E-state index in [0.29, 0.717) is 14.7 Å². The molecule has 0 spiro atoms. The first-order valence-corrected chi connectivity index (χ1v) is 3.55. The van der Waals surface area contributed by atoms with Crippen LogP contribution in [0.1, 0.15) is 6.42 Å². The van der Waals surface area contributed by atoms with Crippen LogP contribution in [0.2, 0.25) is 0 Å². The molecule has 1 aliphatic rings. The summed E-state index contributed by atoms with van der Waals surface area (Å²) >= 11 is 0.694. The zero-order valence-electron chi connectivity index (χ0n) is 2.90. The summed E-state index contributed by atoms with van der Waals surface area (Å²) in [5.74, 6) is 0. The molecule has 1 nitrogen and oxygen atoms in total. The molecule has 0 fully saturated rings. The van der Waals surface area contributed by atoms with E-state index < -0.39 is 0 Å². The van der Waals surface area contributed by atoms with Crippen molar-refractivity contribution in [1.82, 2.24) is 4.33 Å². The molecule has 2 heteroatoms. The normalized spacial score (nSPS) is 20.8. The standard InChI is InChI=1S/C3H6NSe/c1-2-4-5-3-1/h3-4H,1-2H2. The molecule has 29 valence electrons. The fraction of sp³-hybridized carbons (Fsp3) is 0.667. The summed E-state index contributed by atoms with van der Waals surface area (Å²) in [5.41, 5.74) is 0. The van der Waals surface area contributed by atoms with E-state index in [1.165, 1.54) is 13.0 Å². The zero-order valence-corrected chi connectivity index (χ0v) is 4.61. The van der Waals surface area contributed by atoms with Gasteiger partial charge in [0.15, 0.2) is 0 Å². The van der Waals surface area contributed by atoms with Gasteiger partial charge in [0, 0.05) is 0 Å². The second-order valence-corrected chi connectivity index (χ2v) is 2.77. The van der Waals surface area contributed by atoms with Crippen LogP contribution in [0.25, 0.3) is 0 Å². The van der Waals surface area contributed by atoms with Crippen molar-refractivity contribution in [3.63, 3.8) is 0 Å². The molecule has 0 bridgehead atoms. The molecular formula is C3H6NSe. The predicted octanol–water partition coefficient (Wildman–Crippen LogP) is -0.599. The number of hydrogen-bond acceptors (Lipinski definition) is 1. The molecule has 0 aromatic heterocycles. The second kappa shape index (κ2) is 1.71. The van der Waals surface area contributed by atoms with Gasteiger partial charge in [0.05, 0.1) is 0 Å². The van der Waals surface area contributed by atoms with Gasteiger partial charge in [-0.2, -0.15) is 0 Å². The van der Waals surface area contributed by atoms with Crippen LogP contribution in [0.4, 0.5) is 0 Å². The number of hydrogen-bond donors (Lipinski definition) is 1. The average molecular weight is 135 g/mol. The third-order valence-corrected chi connectivity index (χ3v) is 2.15. The van der Waals surface area contributed by atoms with Crippen molar-refractivity contribution in [2.45, 2.75) is 6.42 Å². The molecule has 0 aliphatic carbocycles. The SMILES string of the molecule is C1=[Se]NCC1. The zero-order chi connectivity index (χ0) is 3.54. The second-order valence-electron chi connectivity index (χ2n) is 0.968. The summed E-state index contributed by atoms with van der Waals surface area (Å²) in [7, 11) is 0. The van der Waals surface area contributed by atoms with Crippen LogP contribution >= 0.6 is 0 Å². The Bertz CT molecular complexity index is 44.9. The first-order valence-electron chi connectivity index (χ1n) is 1.70. The van der Waals surface area contributed by atoms with E-state index in [4.69, 9.17) is 0 Å². The Balaban J connectivity index is 2.32. The maximum atomic E-state index is 3.23. The van der Waals surface area contributed by atoms with E-state index in [1.54, 1.807) is 0 Å². The van der Waals surface area contributed by atoms with Gasteiger partial charge in [0.2, 0.25) is 0 Å². The third-order valence-electron chi connectivity index (χ3n) is 0.531. The van der Waals surface area contributed by atoms with Crippen LogP contribution in [-0.2, 0) is 0 Å². The van der Waals surface area contributed by atoms with Crippen LogP contribution in [0.3, 0.4) is 0 Å². The van der Waals surface area contributed by atoms with Crippen LogP contribution in [0, 0.1) is 0 Å². The first kappa shape index (κ1) is 3.54. The Hall–Kier alpha value is 0.349. The molecule has 0 atom stereocenters. The van der Waals surface area contributed by atoms with Gasteiger partial charge in [0.25, 0.3) is 0 Å². The third kappa shape index (κ3) is 0.839. The van der Waals surface area contributed by atoms with Crippen LogP contribution in [-0.4, -0.2) is 26.2 Å². The quantitative estimate of drug-likeness (QED) is 0.437. The van der Waals surface area contributed by atoms with Crippen LogP contribution in [0.15, 0.2) is 0 Å². The molecule has 1 aliphatic heterocycles. The minimum absolute atomic E-state index is 0.694. The van der Waals surface area contributed by atoms with Gasteiger partial charge >= 0.3 is 37.0 Å². The fourth-order valence-electron chi connectivity index (χ4n) is 0.295. The van der Waals surface area contributed by atoms with Crippen molar-refractivity contribution < 1.29 is 0 Å². The van der Waals surface area contributed by atoms with Crippen molar-refractivity contribution in [3.8, 4) is 0 Å². The Morgan fingerprint density at radius 3 is 3.00 bits per heavy atom. The van der Waals surface area contributed by atoms with E-state index in [0.717, 1.165) is 0 Å². The summed E-state index contributed by atoms with van der Waals surface area (Å²) in [6.45, 7) is 1.22. The maximum absolute atomic E-state index is 3.23.